The SMILES string of the molecule is O=S([O-])[O-].O=S([O-])[O-].[Sn+4]. The summed E-state index contributed by atoms with van der Waals surface area (Å²) in [5.74, 6) is 0. The average molecular weight is 279 g/mol. The fourth-order valence-electron chi connectivity index (χ4n) is 0. The number of rotatable bonds is 0. The molecule has 0 spiro atoms. The Hall–Kier alpha value is 0.939. The van der Waals surface area contributed by atoms with Crippen molar-refractivity contribution < 1.29 is 26.6 Å². The first kappa shape index (κ1) is 16.5. The minimum absolute atomic E-state index is 0. The topological polar surface area (TPSA) is 126 Å². The summed E-state index contributed by atoms with van der Waals surface area (Å²) in [7, 11) is 0. The van der Waals surface area contributed by atoms with Crippen LogP contribution in [0.25, 0.3) is 0 Å². The van der Waals surface area contributed by atoms with Crippen molar-refractivity contribution in [1.29, 1.82) is 0 Å². The Morgan fingerprint density at radius 3 is 0.778 bits per heavy atom. The van der Waals surface area contributed by atoms with Gasteiger partial charge in [-0.15, -0.1) is 22.7 Å². The molecule has 0 N–H and O–H groups in total. The molecule has 0 amide bonds. The van der Waals surface area contributed by atoms with Crippen molar-refractivity contribution in [2.45, 2.75) is 0 Å². The first-order chi connectivity index (χ1) is 3.46. The summed E-state index contributed by atoms with van der Waals surface area (Å²) >= 11 is -6.22. The molecule has 0 heterocycles. The molecule has 0 aliphatic rings. The first-order valence-electron chi connectivity index (χ1n) is 1.00. The van der Waals surface area contributed by atoms with Gasteiger partial charge in [0.25, 0.3) is 0 Å². The van der Waals surface area contributed by atoms with Gasteiger partial charge < -0.3 is 18.2 Å². The Morgan fingerprint density at radius 2 is 0.778 bits per heavy atom. The van der Waals surface area contributed by atoms with Gasteiger partial charge in [0.1, 0.15) is 0 Å². The average Bonchev–Trinajstić information content (AvgIpc) is 1.25. The van der Waals surface area contributed by atoms with E-state index in [1.807, 2.05) is 0 Å². The zero-order valence-corrected chi connectivity index (χ0v) is 8.25. The maximum Gasteiger partial charge on any atom is 4.00 e. The van der Waals surface area contributed by atoms with Gasteiger partial charge in [0, 0.05) is 0 Å². The van der Waals surface area contributed by atoms with Gasteiger partial charge in [-0.2, -0.15) is 0 Å². The van der Waals surface area contributed by atoms with Crippen LogP contribution in [0.2, 0.25) is 0 Å². The molecule has 9 heteroatoms. The van der Waals surface area contributed by atoms with Crippen molar-refractivity contribution in [3.8, 4) is 0 Å². The maximum absolute atomic E-state index is 8.44. The third-order valence-electron chi connectivity index (χ3n) is 0. The van der Waals surface area contributed by atoms with Gasteiger partial charge in [-0.1, -0.05) is 0 Å². The molecule has 0 saturated heterocycles. The Morgan fingerprint density at radius 1 is 0.778 bits per heavy atom. The van der Waals surface area contributed by atoms with E-state index in [1.54, 1.807) is 0 Å². The van der Waals surface area contributed by atoms with Gasteiger partial charge in [0.05, 0.1) is 0 Å². The van der Waals surface area contributed by atoms with Crippen LogP contribution >= 0.6 is 0 Å². The molecule has 6 nitrogen and oxygen atoms in total. The van der Waals surface area contributed by atoms with E-state index in [9.17, 15) is 0 Å². The van der Waals surface area contributed by atoms with Crippen molar-refractivity contribution in [2.24, 2.45) is 0 Å². The third-order valence-corrected chi connectivity index (χ3v) is 0. The van der Waals surface area contributed by atoms with Crippen LogP contribution in [0, 0.1) is 0 Å². The molecule has 0 aliphatic heterocycles. The van der Waals surface area contributed by atoms with Gasteiger partial charge in [0.15, 0.2) is 0 Å². The number of hydrogen-bond acceptors (Lipinski definition) is 6. The van der Waals surface area contributed by atoms with Crippen LogP contribution in [0.1, 0.15) is 0 Å². The van der Waals surface area contributed by atoms with E-state index >= 15 is 0 Å². The summed E-state index contributed by atoms with van der Waals surface area (Å²) in [6.07, 6.45) is 0. The fraction of sp³-hybridized carbons (Fsp3) is 0. The molecule has 0 aliphatic carbocycles. The molecule has 0 atom stereocenters. The molecule has 0 rings (SSSR count). The second-order valence-electron chi connectivity index (χ2n) is 0.408. The summed E-state index contributed by atoms with van der Waals surface area (Å²) in [6.45, 7) is 0. The predicted octanol–water partition coefficient (Wildman–Crippen LogP) is -2.39. The van der Waals surface area contributed by atoms with Gasteiger partial charge in [-0.25, -0.2) is 0 Å². The molecule has 0 bridgehead atoms. The third kappa shape index (κ3) is 488. The van der Waals surface area contributed by atoms with E-state index < -0.39 is 22.7 Å². The van der Waals surface area contributed by atoms with Gasteiger partial charge in [0.2, 0.25) is 0 Å². The summed E-state index contributed by atoms with van der Waals surface area (Å²) < 4.78 is 50.7. The second kappa shape index (κ2) is 11.7. The predicted molar refractivity (Wildman–Crippen MR) is 25.1 cm³/mol. The van der Waals surface area contributed by atoms with Crippen LogP contribution in [-0.4, -0.2) is 50.5 Å². The Bertz CT molecular complexity index is 69.1. The Labute approximate surface area is 73.2 Å². The standard InChI is InChI=1S/2H2O3S.Sn/c2*1-4(2)3;/h2*(H2,1,2,3);/q;;+4/p-4. The fourth-order valence-corrected chi connectivity index (χ4v) is 0. The molecular weight excluding hydrogens is 279 g/mol. The zero-order chi connectivity index (χ0) is 7.15. The monoisotopic (exact) mass is 280 g/mol. The molecule has 52 valence electrons. The Balaban J connectivity index is -0.0000000720. The second-order valence-corrected chi connectivity index (χ2v) is 1.22. The van der Waals surface area contributed by atoms with Crippen LogP contribution in [0.3, 0.4) is 0 Å². The van der Waals surface area contributed by atoms with Crippen molar-refractivity contribution in [3.63, 3.8) is 0 Å². The van der Waals surface area contributed by atoms with Crippen LogP contribution in [0.4, 0.5) is 0 Å². The minimum Gasteiger partial charge on any atom is -0.784 e. The van der Waals surface area contributed by atoms with E-state index in [0.29, 0.717) is 0 Å². The molecule has 0 aromatic heterocycles. The van der Waals surface area contributed by atoms with Crippen molar-refractivity contribution in [2.75, 3.05) is 0 Å². The summed E-state index contributed by atoms with van der Waals surface area (Å²) in [5, 5.41) is 0. The molecule has 0 fully saturated rings. The van der Waals surface area contributed by atoms with E-state index in [1.165, 1.54) is 0 Å². The van der Waals surface area contributed by atoms with Gasteiger partial charge in [-0.3, -0.25) is 8.42 Å². The molecule has 0 unspecified atom stereocenters. The molecule has 0 aromatic rings. The molecule has 0 radical (unpaired) electrons. The normalized spacial score (nSPS) is 7.78. The van der Waals surface area contributed by atoms with Gasteiger partial charge >= 0.3 is 23.9 Å². The first-order valence-corrected chi connectivity index (χ1v) is 3.00. The quantitative estimate of drug-likeness (QED) is 0.359. The van der Waals surface area contributed by atoms with Crippen LogP contribution < -0.4 is 0 Å². The summed E-state index contributed by atoms with van der Waals surface area (Å²) in [6, 6.07) is 0. The summed E-state index contributed by atoms with van der Waals surface area (Å²) in [4.78, 5) is 0. The van der Waals surface area contributed by atoms with Crippen LogP contribution in [-0.2, 0) is 22.7 Å². The van der Waals surface area contributed by atoms with E-state index in [0.717, 1.165) is 0 Å². The van der Waals surface area contributed by atoms with Crippen molar-refractivity contribution >= 4 is 46.6 Å². The van der Waals surface area contributed by atoms with E-state index in [4.69, 9.17) is 26.6 Å². The van der Waals surface area contributed by atoms with E-state index in [-0.39, 0.29) is 23.9 Å². The minimum atomic E-state index is -3.11. The molecular formula is O6S2Sn. The molecule has 0 aromatic carbocycles. The molecule has 9 heavy (non-hydrogen) atoms. The number of hydrogen-bond donors (Lipinski definition) is 0. The maximum atomic E-state index is 8.44. The Kier molecular flexibility index (Phi) is 21.4. The summed E-state index contributed by atoms with van der Waals surface area (Å²) in [5.41, 5.74) is 0. The van der Waals surface area contributed by atoms with Crippen LogP contribution in [0.5, 0.6) is 0 Å². The zero-order valence-electron chi connectivity index (χ0n) is 3.77. The van der Waals surface area contributed by atoms with Crippen molar-refractivity contribution in [3.05, 3.63) is 0 Å². The molecule has 0 saturated carbocycles. The van der Waals surface area contributed by atoms with Crippen LogP contribution in [0.15, 0.2) is 0 Å². The largest absolute Gasteiger partial charge is 4.00 e. The van der Waals surface area contributed by atoms with Crippen molar-refractivity contribution in [1.82, 2.24) is 0 Å². The van der Waals surface area contributed by atoms with E-state index in [2.05, 4.69) is 0 Å². The van der Waals surface area contributed by atoms with Gasteiger partial charge in [-0.05, 0) is 0 Å². The smallest absolute Gasteiger partial charge is 0.784 e.